The summed E-state index contributed by atoms with van der Waals surface area (Å²) in [6.45, 7) is 0.705. The number of hydrogen-bond acceptors (Lipinski definition) is 5. The number of nitrogens with zero attached hydrogens (tertiary/aromatic N) is 4. The van der Waals surface area contributed by atoms with Crippen molar-refractivity contribution in [2.24, 2.45) is 0 Å². The number of imidazole rings is 1. The van der Waals surface area contributed by atoms with Gasteiger partial charge in [0.05, 0.1) is 28.9 Å². The smallest absolute Gasteiger partial charge is 0.338 e. The lowest BCUT2D eigenvalue weighted by molar-refractivity contribution is 0.0496. The lowest BCUT2D eigenvalue weighted by Gasteiger charge is -2.07. The van der Waals surface area contributed by atoms with Crippen molar-refractivity contribution in [1.82, 2.24) is 24.3 Å². The fourth-order valence-electron chi connectivity index (χ4n) is 2.89. The van der Waals surface area contributed by atoms with E-state index >= 15 is 0 Å². The van der Waals surface area contributed by atoms with E-state index in [1.165, 1.54) is 6.33 Å². The summed E-state index contributed by atoms with van der Waals surface area (Å²) >= 11 is 0. The van der Waals surface area contributed by atoms with Crippen LogP contribution in [-0.2, 0) is 11.3 Å². The highest BCUT2D eigenvalue weighted by molar-refractivity contribution is 5.89. The zero-order chi connectivity index (χ0) is 18.6. The normalized spacial score (nSPS) is 11.0. The number of esters is 1. The van der Waals surface area contributed by atoms with E-state index in [1.807, 2.05) is 24.3 Å². The Morgan fingerprint density at radius 3 is 2.70 bits per heavy atom. The quantitative estimate of drug-likeness (QED) is 0.418. The Kier molecular flexibility index (Phi) is 4.52. The minimum atomic E-state index is -0.397. The standard InChI is InChI=1S/C19H17N5O3/c25-18(14-6-8-15(9-7-14)24-13-20-12-21-24)27-11-3-10-23-17-5-2-1-4-16(17)22-19(23)26/h1-2,4-9,12-13H,3,10-11H2,(H,22,26). The molecule has 0 bridgehead atoms. The van der Waals surface area contributed by atoms with Crippen molar-refractivity contribution in [2.75, 3.05) is 6.61 Å². The third-order valence-electron chi connectivity index (χ3n) is 4.23. The molecule has 0 amide bonds. The summed E-state index contributed by atoms with van der Waals surface area (Å²) < 4.78 is 8.56. The monoisotopic (exact) mass is 363 g/mol. The van der Waals surface area contributed by atoms with Gasteiger partial charge in [0.1, 0.15) is 12.7 Å². The molecule has 4 rings (SSSR count). The van der Waals surface area contributed by atoms with Crippen LogP contribution in [0.2, 0.25) is 0 Å². The summed E-state index contributed by atoms with van der Waals surface area (Å²) in [6, 6.07) is 14.4. The first-order valence-electron chi connectivity index (χ1n) is 8.52. The zero-order valence-corrected chi connectivity index (χ0v) is 14.4. The van der Waals surface area contributed by atoms with Crippen LogP contribution in [0, 0.1) is 0 Å². The minimum Gasteiger partial charge on any atom is -0.462 e. The van der Waals surface area contributed by atoms with Gasteiger partial charge in [0, 0.05) is 6.54 Å². The van der Waals surface area contributed by atoms with Crippen molar-refractivity contribution in [3.8, 4) is 5.69 Å². The number of carbonyl (C=O) groups is 1. The molecule has 0 saturated carbocycles. The Balaban J connectivity index is 1.33. The predicted molar refractivity (Wildman–Crippen MR) is 98.8 cm³/mol. The Morgan fingerprint density at radius 2 is 1.93 bits per heavy atom. The van der Waals surface area contributed by atoms with E-state index in [0.717, 1.165) is 16.7 Å². The number of rotatable bonds is 6. The second-order valence-corrected chi connectivity index (χ2v) is 5.98. The summed E-state index contributed by atoms with van der Waals surface area (Å²) in [6.07, 6.45) is 3.58. The molecule has 1 N–H and O–H groups in total. The van der Waals surface area contributed by atoms with Gasteiger partial charge < -0.3 is 9.72 Å². The van der Waals surface area contributed by atoms with Gasteiger partial charge in [-0.15, -0.1) is 0 Å². The Bertz CT molecular complexity index is 1110. The van der Waals surface area contributed by atoms with E-state index in [1.54, 1.807) is 39.8 Å². The molecule has 2 aromatic heterocycles. The zero-order valence-electron chi connectivity index (χ0n) is 14.4. The lowest BCUT2D eigenvalue weighted by atomic mass is 10.2. The van der Waals surface area contributed by atoms with Crippen molar-refractivity contribution in [1.29, 1.82) is 0 Å². The van der Waals surface area contributed by atoms with Crippen LogP contribution in [0.15, 0.2) is 66.0 Å². The number of ether oxygens (including phenoxy) is 1. The summed E-state index contributed by atoms with van der Waals surface area (Å²) in [5.41, 5.74) is 2.75. The number of hydrogen-bond donors (Lipinski definition) is 1. The van der Waals surface area contributed by atoms with E-state index in [2.05, 4.69) is 15.1 Å². The molecule has 0 unspecified atom stereocenters. The molecule has 2 aromatic carbocycles. The fraction of sp³-hybridized carbons (Fsp3) is 0.158. The molecule has 0 atom stereocenters. The second kappa shape index (κ2) is 7.28. The molecule has 0 aliphatic heterocycles. The number of nitrogens with one attached hydrogen (secondary N) is 1. The molecule has 8 heteroatoms. The molecule has 0 spiro atoms. The Hall–Kier alpha value is -3.68. The number of aromatic amines is 1. The third-order valence-corrected chi connectivity index (χ3v) is 4.23. The first-order valence-corrected chi connectivity index (χ1v) is 8.52. The molecule has 0 radical (unpaired) electrons. The largest absolute Gasteiger partial charge is 0.462 e. The average Bonchev–Trinajstić information content (AvgIpc) is 3.33. The number of H-pyrrole nitrogens is 1. The Morgan fingerprint density at radius 1 is 1.11 bits per heavy atom. The first kappa shape index (κ1) is 16.8. The highest BCUT2D eigenvalue weighted by Crippen LogP contribution is 2.11. The highest BCUT2D eigenvalue weighted by Gasteiger charge is 2.09. The number of carbonyl (C=O) groups excluding carboxylic acids is 1. The van der Waals surface area contributed by atoms with E-state index in [-0.39, 0.29) is 12.3 Å². The maximum Gasteiger partial charge on any atom is 0.338 e. The molecule has 0 aliphatic carbocycles. The molecule has 0 aliphatic rings. The molecule has 0 saturated heterocycles. The summed E-state index contributed by atoms with van der Waals surface area (Å²) in [4.78, 5) is 30.9. The summed E-state index contributed by atoms with van der Waals surface area (Å²) in [5, 5.41) is 4.03. The van der Waals surface area contributed by atoms with E-state index < -0.39 is 5.97 Å². The van der Waals surface area contributed by atoms with Crippen LogP contribution < -0.4 is 5.69 Å². The molecule has 136 valence electrons. The maximum absolute atomic E-state index is 12.2. The summed E-state index contributed by atoms with van der Waals surface area (Å²) in [7, 11) is 0. The number of aromatic nitrogens is 5. The van der Waals surface area contributed by atoms with Crippen LogP contribution in [0.3, 0.4) is 0 Å². The van der Waals surface area contributed by atoms with Crippen LogP contribution in [0.1, 0.15) is 16.8 Å². The average molecular weight is 363 g/mol. The van der Waals surface area contributed by atoms with Crippen LogP contribution in [0.4, 0.5) is 0 Å². The molecule has 2 heterocycles. The van der Waals surface area contributed by atoms with Gasteiger partial charge in [0.15, 0.2) is 0 Å². The first-order chi connectivity index (χ1) is 13.2. The van der Waals surface area contributed by atoms with Crippen molar-refractivity contribution in [3.05, 3.63) is 77.2 Å². The van der Waals surface area contributed by atoms with Crippen molar-refractivity contribution in [3.63, 3.8) is 0 Å². The van der Waals surface area contributed by atoms with Crippen LogP contribution in [0.5, 0.6) is 0 Å². The van der Waals surface area contributed by atoms with Gasteiger partial charge in [-0.05, 0) is 42.8 Å². The third kappa shape index (κ3) is 3.50. The van der Waals surface area contributed by atoms with E-state index in [0.29, 0.717) is 18.5 Å². The SMILES string of the molecule is O=C(OCCCn1c(=O)[nH]c2ccccc21)c1ccc(-n2cncn2)cc1. The van der Waals surface area contributed by atoms with E-state index in [9.17, 15) is 9.59 Å². The maximum atomic E-state index is 12.2. The van der Waals surface area contributed by atoms with Gasteiger partial charge in [-0.3, -0.25) is 4.57 Å². The van der Waals surface area contributed by atoms with Gasteiger partial charge in [-0.1, -0.05) is 12.1 Å². The fourth-order valence-corrected chi connectivity index (χ4v) is 2.89. The van der Waals surface area contributed by atoms with Gasteiger partial charge in [-0.2, -0.15) is 5.10 Å². The van der Waals surface area contributed by atoms with Gasteiger partial charge in [-0.25, -0.2) is 19.3 Å². The van der Waals surface area contributed by atoms with Crippen molar-refractivity contribution < 1.29 is 9.53 Å². The molecule has 8 nitrogen and oxygen atoms in total. The van der Waals surface area contributed by atoms with Crippen molar-refractivity contribution in [2.45, 2.75) is 13.0 Å². The molecule has 4 aromatic rings. The number of fused-ring (bicyclic) bond motifs is 1. The Labute approximate surface area is 154 Å². The second-order valence-electron chi connectivity index (χ2n) is 5.98. The van der Waals surface area contributed by atoms with Crippen LogP contribution in [0.25, 0.3) is 16.7 Å². The number of benzene rings is 2. The number of para-hydroxylation sites is 2. The van der Waals surface area contributed by atoms with Gasteiger partial charge in [0.25, 0.3) is 0 Å². The lowest BCUT2D eigenvalue weighted by Crippen LogP contribution is -2.18. The van der Waals surface area contributed by atoms with Crippen LogP contribution in [-0.4, -0.2) is 36.9 Å². The summed E-state index contributed by atoms with van der Waals surface area (Å²) in [5.74, 6) is -0.397. The predicted octanol–water partition coefficient (Wildman–Crippen LogP) is 2.16. The van der Waals surface area contributed by atoms with E-state index in [4.69, 9.17) is 4.74 Å². The molecule has 0 fully saturated rings. The van der Waals surface area contributed by atoms with Crippen LogP contribution >= 0.6 is 0 Å². The highest BCUT2D eigenvalue weighted by atomic mass is 16.5. The number of aryl methyl sites for hydroxylation is 1. The molecular formula is C19H17N5O3. The topological polar surface area (TPSA) is 94.8 Å². The molecule has 27 heavy (non-hydrogen) atoms. The van der Waals surface area contributed by atoms with Gasteiger partial charge >= 0.3 is 11.7 Å². The molecular weight excluding hydrogens is 346 g/mol. The minimum absolute atomic E-state index is 0.161. The van der Waals surface area contributed by atoms with Gasteiger partial charge in [0.2, 0.25) is 0 Å². The van der Waals surface area contributed by atoms with Crippen molar-refractivity contribution >= 4 is 17.0 Å².